The van der Waals surface area contributed by atoms with E-state index in [0.29, 0.717) is 13.2 Å². The van der Waals surface area contributed by atoms with E-state index in [0.717, 1.165) is 25.2 Å². The molecule has 0 aliphatic rings. The Labute approximate surface area is 110 Å². The largest absolute Gasteiger partial charge is 0.370 e. The third-order valence-corrected chi connectivity index (χ3v) is 2.54. The minimum absolute atomic E-state index is 0.0766. The highest BCUT2D eigenvalue weighted by atomic mass is 16.7. The molecule has 0 fully saturated rings. The summed E-state index contributed by atoms with van der Waals surface area (Å²) in [6.45, 7) is 8.30. The van der Waals surface area contributed by atoms with Crippen LogP contribution >= 0.6 is 0 Å². The van der Waals surface area contributed by atoms with Crippen LogP contribution in [0.25, 0.3) is 0 Å². The second-order valence-electron chi connectivity index (χ2n) is 4.13. The topological polar surface area (TPSA) is 43.4 Å². The lowest BCUT2D eigenvalue weighted by molar-refractivity contribution is -0.139. The molecule has 0 atom stereocenters. The fraction of sp³-hybridized carbons (Fsp3) is 0.643. The summed E-state index contributed by atoms with van der Waals surface area (Å²) in [6.07, 6.45) is 3.65. The van der Waals surface area contributed by atoms with Crippen LogP contribution in [0.4, 0.5) is 5.82 Å². The third kappa shape index (κ3) is 5.98. The smallest absolute Gasteiger partial charge is 0.157 e. The normalized spacial score (nSPS) is 10.9. The van der Waals surface area contributed by atoms with Gasteiger partial charge >= 0.3 is 0 Å². The van der Waals surface area contributed by atoms with Gasteiger partial charge in [-0.2, -0.15) is 0 Å². The fourth-order valence-corrected chi connectivity index (χ4v) is 1.70. The van der Waals surface area contributed by atoms with E-state index in [-0.39, 0.29) is 6.29 Å². The zero-order valence-electron chi connectivity index (χ0n) is 11.6. The highest BCUT2D eigenvalue weighted by molar-refractivity contribution is 5.36. The van der Waals surface area contributed by atoms with Crippen molar-refractivity contribution in [3.8, 4) is 0 Å². The number of ether oxygens (including phenoxy) is 2. The molecule has 4 nitrogen and oxygen atoms in total. The molecule has 1 aromatic heterocycles. The second-order valence-corrected chi connectivity index (χ2v) is 4.13. The van der Waals surface area contributed by atoms with E-state index in [1.165, 1.54) is 5.56 Å². The van der Waals surface area contributed by atoms with Crippen LogP contribution in [0.3, 0.4) is 0 Å². The van der Waals surface area contributed by atoms with Gasteiger partial charge in [0.2, 0.25) is 0 Å². The summed E-state index contributed by atoms with van der Waals surface area (Å²) >= 11 is 0. The molecule has 0 aliphatic carbocycles. The van der Waals surface area contributed by atoms with E-state index < -0.39 is 0 Å². The van der Waals surface area contributed by atoms with Gasteiger partial charge in [0.25, 0.3) is 0 Å². The maximum absolute atomic E-state index is 5.49. The maximum Gasteiger partial charge on any atom is 0.157 e. The van der Waals surface area contributed by atoms with Crippen LogP contribution in [0.15, 0.2) is 18.3 Å². The summed E-state index contributed by atoms with van der Waals surface area (Å²) in [7, 11) is 0. The van der Waals surface area contributed by atoms with Crippen LogP contribution in [-0.4, -0.2) is 31.0 Å². The standard InChI is InChI=1S/C14H24N2O2/c1-4-17-14(18-5-2)7-6-9-15-13-11-12(3)8-10-16-13/h8,10-11,14H,4-7,9H2,1-3H3,(H,15,16). The van der Waals surface area contributed by atoms with Gasteiger partial charge in [0.15, 0.2) is 6.29 Å². The molecule has 18 heavy (non-hydrogen) atoms. The molecular formula is C14H24N2O2. The zero-order chi connectivity index (χ0) is 13.2. The number of aromatic nitrogens is 1. The van der Waals surface area contributed by atoms with E-state index in [9.17, 15) is 0 Å². The number of hydrogen-bond acceptors (Lipinski definition) is 4. The molecule has 0 aromatic carbocycles. The summed E-state index contributed by atoms with van der Waals surface area (Å²) < 4.78 is 11.0. The molecule has 1 heterocycles. The number of pyridine rings is 1. The first-order valence-electron chi connectivity index (χ1n) is 6.66. The highest BCUT2D eigenvalue weighted by Gasteiger charge is 2.06. The molecule has 0 amide bonds. The summed E-state index contributed by atoms with van der Waals surface area (Å²) in [5.74, 6) is 0.930. The average Bonchev–Trinajstić information content (AvgIpc) is 2.35. The second kappa shape index (κ2) is 8.89. The van der Waals surface area contributed by atoms with Crippen LogP contribution in [0.1, 0.15) is 32.3 Å². The van der Waals surface area contributed by atoms with Crippen molar-refractivity contribution in [2.75, 3.05) is 25.1 Å². The maximum atomic E-state index is 5.49. The highest BCUT2D eigenvalue weighted by Crippen LogP contribution is 2.08. The molecule has 4 heteroatoms. The molecule has 1 rings (SSSR count). The SMILES string of the molecule is CCOC(CCCNc1cc(C)ccn1)OCC. The fourth-order valence-electron chi connectivity index (χ4n) is 1.70. The Bertz CT molecular complexity index is 325. The summed E-state index contributed by atoms with van der Waals surface area (Å²) in [4.78, 5) is 4.26. The Hall–Kier alpha value is -1.13. The molecule has 1 aromatic rings. The summed E-state index contributed by atoms with van der Waals surface area (Å²) in [5.41, 5.74) is 1.22. The lowest BCUT2D eigenvalue weighted by atomic mass is 10.3. The van der Waals surface area contributed by atoms with Crippen LogP contribution in [0.2, 0.25) is 0 Å². The van der Waals surface area contributed by atoms with Crippen molar-refractivity contribution in [3.05, 3.63) is 23.9 Å². The van der Waals surface area contributed by atoms with Gasteiger partial charge in [-0.15, -0.1) is 0 Å². The molecule has 1 N–H and O–H groups in total. The van der Waals surface area contributed by atoms with E-state index in [1.807, 2.05) is 32.2 Å². The average molecular weight is 252 g/mol. The lowest BCUT2D eigenvalue weighted by Gasteiger charge is -2.16. The Balaban J connectivity index is 2.20. The zero-order valence-corrected chi connectivity index (χ0v) is 11.6. The quantitative estimate of drug-likeness (QED) is 0.542. The molecule has 0 saturated carbocycles. The number of rotatable bonds is 9. The van der Waals surface area contributed by atoms with Crippen molar-refractivity contribution < 1.29 is 9.47 Å². The predicted octanol–water partition coefficient (Wildman–Crippen LogP) is 2.98. The van der Waals surface area contributed by atoms with E-state index in [4.69, 9.17) is 9.47 Å². The van der Waals surface area contributed by atoms with Gasteiger partial charge in [-0.3, -0.25) is 0 Å². The molecule has 0 radical (unpaired) electrons. The van der Waals surface area contributed by atoms with Crippen LogP contribution in [-0.2, 0) is 9.47 Å². The van der Waals surface area contributed by atoms with Crippen molar-refractivity contribution in [1.82, 2.24) is 4.98 Å². The predicted molar refractivity (Wildman–Crippen MR) is 73.7 cm³/mol. The number of nitrogens with zero attached hydrogens (tertiary/aromatic N) is 1. The molecule has 0 saturated heterocycles. The molecule has 0 bridgehead atoms. The Morgan fingerprint density at radius 1 is 1.28 bits per heavy atom. The van der Waals surface area contributed by atoms with E-state index in [1.54, 1.807) is 0 Å². The van der Waals surface area contributed by atoms with Crippen molar-refractivity contribution >= 4 is 5.82 Å². The van der Waals surface area contributed by atoms with Crippen molar-refractivity contribution in [2.24, 2.45) is 0 Å². The van der Waals surface area contributed by atoms with Gasteiger partial charge in [-0.25, -0.2) is 4.98 Å². The molecule has 0 unspecified atom stereocenters. The number of aryl methyl sites for hydroxylation is 1. The number of anilines is 1. The van der Waals surface area contributed by atoms with Crippen molar-refractivity contribution in [2.45, 2.75) is 39.9 Å². The molecule has 102 valence electrons. The van der Waals surface area contributed by atoms with Crippen molar-refractivity contribution in [1.29, 1.82) is 0 Å². The molecule has 0 aliphatic heterocycles. The van der Waals surface area contributed by atoms with E-state index in [2.05, 4.69) is 17.2 Å². The first kappa shape index (κ1) is 14.9. The Morgan fingerprint density at radius 3 is 2.61 bits per heavy atom. The minimum Gasteiger partial charge on any atom is -0.370 e. The third-order valence-electron chi connectivity index (χ3n) is 2.54. The van der Waals surface area contributed by atoms with Gasteiger partial charge in [0.05, 0.1) is 0 Å². The van der Waals surface area contributed by atoms with Crippen LogP contribution in [0.5, 0.6) is 0 Å². The van der Waals surface area contributed by atoms with Crippen molar-refractivity contribution in [3.63, 3.8) is 0 Å². The first-order chi connectivity index (χ1) is 8.76. The summed E-state index contributed by atoms with van der Waals surface area (Å²) in [6, 6.07) is 4.04. The van der Waals surface area contributed by atoms with Crippen LogP contribution in [0, 0.1) is 6.92 Å². The lowest BCUT2D eigenvalue weighted by Crippen LogP contribution is -2.18. The molecular weight excluding hydrogens is 228 g/mol. The van der Waals surface area contributed by atoms with E-state index >= 15 is 0 Å². The van der Waals surface area contributed by atoms with Crippen LogP contribution < -0.4 is 5.32 Å². The van der Waals surface area contributed by atoms with Gasteiger partial charge in [-0.1, -0.05) is 0 Å². The number of nitrogens with one attached hydrogen (secondary N) is 1. The van der Waals surface area contributed by atoms with Gasteiger partial charge in [0.1, 0.15) is 5.82 Å². The first-order valence-corrected chi connectivity index (χ1v) is 6.66. The Morgan fingerprint density at radius 2 is 2.00 bits per heavy atom. The molecule has 0 spiro atoms. The number of hydrogen-bond donors (Lipinski definition) is 1. The minimum atomic E-state index is -0.0766. The monoisotopic (exact) mass is 252 g/mol. The van der Waals surface area contributed by atoms with Gasteiger partial charge in [0, 0.05) is 32.4 Å². The van der Waals surface area contributed by atoms with Gasteiger partial charge < -0.3 is 14.8 Å². The van der Waals surface area contributed by atoms with Gasteiger partial charge in [-0.05, 0) is 44.9 Å². The summed E-state index contributed by atoms with van der Waals surface area (Å²) in [5, 5.41) is 3.30. The Kier molecular flexibility index (Phi) is 7.37.